The molecule has 2 nitrogen and oxygen atoms in total. The number of aliphatic hydroxyl groups is 1. The second-order valence-electron chi connectivity index (χ2n) is 6.71. The van der Waals surface area contributed by atoms with E-state index >= 15 is 0 Å². The third-order valence-corrected chi connectivity index (χ3v) is 5.42. The molecule has 3 atom stereocenters. The van der Waals surface area contributed by atoms with Crippen LogP contribution in [0, 0.1) is 11.8 Å². The summed E-state index contributed by atoms with van der Waals surface area (Å²) >= 11 is 0. The average molecular weight is 273 g/mol. The number of anilines is 1. The van der Waals surface area contributed by atoms with Gasteiger partial charge in [-0.3, -0.25) is 0 Å². The van der Waals surface area contributed by atoms with Gasteiger partial charge < -0.3 is 10.0 Å². The zero-order valence-electron chi connectivity index (χ0n) is 12.8. The Morgan fingerprint density at radius 3 is 3.00 bits per heavy atom. The van der Waals surface area contributed by atoms with Crippen molar-refractivity contribution >= 4 is 5.69 Å². The summed E-state index contributed by atoms with van der Waals surface area (Å²) in [6.45, 7) is 3.39. The fourth-order valence-corrected chi connectivity index (χ4v) is 4.03. The van der Waals surface area contributed by atoms with Crippen molar-refractivity contribution < 1.29 is 5.11 Å². The lowest BCUT2D eigenvalue weighted by Crippen LogP contribution is -2.21. The predicted molar refractivity (Wildman–Crippen MR) is 84.1 cm³/mol. The SMILES string of the molecule is CCC1CCCC(C(O)c2ccc3c(c2)CCN3C)C1. The summed E-state index contributed by atoms with van der Waals surface area (Å²) in [5, 5.41) is 10.7. The number of fused-ring (bicyclic) bond motifs is 1. The topological polar surface area (TPSA) is 23.5 Å². The molecule has 1 aromatic carbocycles. The minimum Gasteiger partial charge on any atom is -0.388 e. The molecule has 3 unspecified atom stereocenters. The minimum absolute atomic E-state index is 0.263. The first-order chi connectivity index (χ1) is 9.69. The highest BCUT2D eigenvalue weighted by molar-refractivity contribution is 5.58. The fourth-order valence-electron chi connectivity index (χ4n) is 4.03. The van der Waals surface area contributed by atoms with Crippen LogP contribution < -0.4 is 4.90 Å². The van der Waals surface area contributed by atoms with Crippen LogP contribution in [0.15, 0.2) is 18.2 Å². The Bertz CT molecular complexity index is 470. The van der Waals surface area contributed by atoms with Crippen molar-refractivity contribution in [3.8, 4) is 0 Å². The smallest absolute Gasteiger partial charge is 0.0818 e. The lowest BCUT2D eigenvalue weighted by molar-refractivity contribution is 0.0678. The van der Waals surface area contributed by atoms with Gasteiger partial charge in [-0.2, -0.15) is 0 Å². The number of rotatable bonds is 3. The molecule has 1 saturated carbocycles. The van der Waals surface area contributed by atoms with E-state index in [1.165, 1.54) is 43.4 Å². The van der Waals surface area contributed by atoms with Crippen molar-refractivity contribution in [1.29, 1.82) is 0 Å². The van der Waals surface area contributed by atoms with Crippen LogP contribution in [0.3, 0.4) is 0 Å². The zero-order chi connectivity index (χ0) is 14.1. The number of aliphatic hydroxyl groups excluding tert-OH is 1. The van der Waals surface area contributed by atoms with Crippen LogP contribution in [0.4, 0.5) is 5.69 Å². The second kappa shape index (κ2) is 5.77. The van der Waals surface area contributed by atoms with Crippen LogP contribution in [0.2, 0.25) is 0 Å². The molecule has 0 saturated heterocycles. The lowest BCUT2D eigenvalue weighted by Gasteiger charge is -2.32. The number of benzene rings is 1. The Kier molecular flexibility index (Phi) is 4.02. The molecule has 1 N–H and O–H groups in total. The molecular weight excluding hydrogens is 246 g/mol. The summed E-state index contributed by atoms with van der Waals surface area (Å²) < 4.78 is 0. The number of likely N-dealkylation sites (N-methyl/N-ethyl adjacent to an activating group) is 1. The molecule has 1 heterocycles. The van der Waals surface area contributed by atoms with Crippen LogP contribution in [0.25, 0.3) is 0 Å². The number of hydrogen-bond acceptors (Lipinski definition) is 2. The summed E-state index contributed by atoms with van der Waals surface area (Å²) in [5.74, 6) is 1.29. The molecule has 2 heteroatoms. The summed E-state index contributed by atoms with van der Waals surface area (Å²) in [4.78, 5) is 2.30. The van der Waals surface area contributed by atoms with Crippen LogP contribution in [0.5, 0.6) is 0 Å². The Hall–Kier alpha value is -1.02. The summed E-state index contributed by atoms with van der Waals surface area (Å²) in [7, 11) is 2.15. The number of hydrogen-bond donors (Lipinski definition) is 1. The van der Waals surface area contributed by atoms with Crippen molar-refractivity contribution in [3.63, 3.8) is 0 Å². The van der Waals surface area contributed by atoms with Gasteiger partial charge in [0, 0.05) is 19.3 Å². The van der Waals surface area contributed by atoms with Gasteiger partial charge in [-0.05, 0) is 48.3 Å². The molecule has 0 aromatic heterocycles. The van der Waals surface area contributed by atoms with Gasteiger partial charge in [0.25, 0.3) is 0 Å². The van der Waals surface area contributed by atoms with Crippen LogP contribution >= 0.6 is 0 Å². The molecule has 110 valence electrons. The van der Waals surface area contributed by atoms with Crippen molar-refractivity contribution in [2.24, 2.45) is 11.8 Å². The van der Waals surface area contributed by atoms with E-state index < -0.39 is 0 Å². The minimum atomic E-state index is -0.263. The highest BCUT2D eigenvalue weighted by atomic mass is 16.3. The predicted octanol–water partition coefficient (Wildman–Crippen LogP) is 3.93. The standard InChI is InChI=1S/C18H27NO/c1-3-13-5-4-6-15(11-13)18(20)16-7-8-17-14(12-16)9-10-19(17)2/h7-8,12-13,15,18,20H,3-6,9-11H2,1-2H3. The van der Waals surface area contributed by atoms with E-state index in [9.17, 15) is 5.11 Å². The third-order valence-electron chi connectivity index (χ3n) is 5.42. The maximum Gasteiger partial charge on any atom is 0.0818 e. The summed E-state index contributed by atoms with van der Waals surface area (Å²) in [5.41, 5.74) is 3.89. The van der Waals surface area contributed by atoms with Gasteiger partial charge in [-0.1, -0.05) is 38.3 Å². The Morgan fingerprint density at radius 1 is 1.35 bits per heavy atom. The van der Waals surface area contributed by atoms with Crippen LogP contribution in [0.1, 0.15) is 56.3 Å². The molecule has 20 heavy (non-hydrogen) atoms. The van der Waals surface area contributed by atoms with Crippen molar-refractivity contribution in [2.75, 3.05) is 18.5 Å². The first kappa shape index (κ1) is 13.9. The van der Waals surface area contributed by atoms with Gasteiger partial charge in [0.1, 0.15) is 0 Å². The molecule has 0 spiro atoms. The van der Waals surface area contributed by atoms with Gasteiger partial charge in [0.15, 0.2) is 0 Å². The molecule has 1 fully saturated rings. The third kappa shape index (κ3) is 2.58. The highest BCUT2D eigenvalue weighted by Gasteiger charge is 2.28. The van der Waals surface area contributed by atoms with E-state index in [2.05, 4.69) is 37.1 Å². The molecule has 1 aliphatic heterocycles. The quantitative estimate of drug-likeness (QED) is 0.902. The van der Waals surface area contributed by atoms with E-state index in [4.69, 9.17) is 0 Å². The monoisotopic (exact) mass is 273 g/mol. The summed E-state index contributed by atoms with van der Waals surface area (Å²) in [6.07, 6.45) is 7.15. The molecule has 2 aliphatic rings. The summed E-state index contributed by atoms with van der Waals surface area (Å²) in [6, 6.07) is 6.58. The zero-order valence-corrected chi connectivity index (χ0v) is 12.8. The molecule has 0 radical (unpaired) electrons. The lowest BCUT2D eigenvalue weighted by atomic mass is 9.76. The maximum absolute atomic E-state index is 10.7. The van der Waals surface area contributed by atoms with E-state index in [1.54, 1.807) is 0 Å². The maximum atomic E-state index is 10.7. The van der Waals surface area contributed by atoms with Crippen LogP contribution in [-0.4, -0.2) is 18.7 Å². The van der Waals surface area contributed by atoms with Gasteiger partial charge in [0.05, 0.1) is 6.10 Å². The molecule has 3 rings (SSSR count). The van der Waals surface area contributed by atoms with E-state index in [0.29, 0.717) is 5.92 Å². The Morgan fingerprint density at radius 2 is 2.20 bits per heavy atom. The van der Waals surface area contributed by atoms with Gasteiger partial charge in [0.2, 0.25) is 0 Å². The molecule has 0 bridgehead atoms. The second-order valence-corrected chi connectivity index (χ2v) is 6.71. The number of nitrogens with zero attached hydrogens (tertiary/aromatic N) is 1. The molecule has 0 amide bonds. The van der Waals surface area contributed by atoms with E-state index in [-0.39, 0.29) is 6.10 Å². The van der Waals surface area contributed by atoms with Crippen LogP contribution in [-0.2, 0) is 6.42 Å². The fraction of sp³-hybridized carbons (Fsp3) is 0.667. The first-order valence-electron chi connectivity index (χ1n) is 8.21. The van der Waals surface area contributed by atoms with Crippen molar-refractivity contribution in [2.45, 2.75) is 51.6 Å². The molecular formula is C18H27NO. The Labute approximate surface area is 122 Å². The van der Waals surface area contributed by atoms with Gasteiger partial charge in [-0.25, -0.2) is 0 Å². The first-order valence-corrected chi connectivity index (χ1v) is 8.21. The highest BCUT2D eigenvalue weighted by Crippen LogP contribution is 2.39. The largest absolute Gasteiger partial charge is 0.388 e. The molecule has 1 aliphatic carbocycles. The van der Waals surface area contributed by atoms with Gasteiger partial charge >= 0.3 is 0 Å². The van der Waals surface area contributed by atoms with Crippen molar-refractivity contribution in [3.05, 3.63) is 29.3 Å². The van der Waals surface area contributed by atoms with Gasteiger partial charge in [-0.15, -0.1) is 0 Å². The van der Waals surface area contributed by atoms with E-state index in [0.717, 1.165) is 24.4 Å². The Balaban J connectivity index is 1.75. The van der Waals surface area contributed by atoms with E-state index in [1.807, 2.05) is 0 Å². The average Bonchev–Trinajstić information content (AvgIpc) is 2.87. The van der Waals surface area contributed by atoms with Crippen molar-refractivity contribution in [1.82, 2.24) is 0 Å². The molecule has 1 aromatic rings. The normalized spacial score (nSPS) is 27.4.